The van der Waals surface area contributed by atoms with Gasteiger partial charge in [0, 0.05) is 49.2 Å². The van der Waals surface area contributed by atoms with E-state index in [1.165, 1.54) is 24.3 Å². The fourth-order valence-corrected chi connectivity index (χ4v) is 4.06. The lowest BCUT2D eigenvalue weighted by Crippen LogP contribution is -2.16. The van der Waals surface area contributed by atoms with Crippen molar-refractivity contribution in [2.45, 2.75) is 38.1 Å². The van der Waals surface area contributed by atoms with Gasteiger partial charge in [-0.25, -0.2) is 18.2 Å². The summed E-state index contributed by atoms with van der Waals surface area (Å²) in [5.74, 6) is -1.87. The molecule has 0 saturated heterocycles. The van der Waals surface area contributed by atoms with Crippen molar-refractivity contribution >= 4 is 5.78 Å². The van der Waals surface area contributed by atoms with Crippen LogP contribution in [0.2, 0.25) is 0 Å². The Morgan fingerprint density at radius 1 is 1.14 bits per heavy atom. The molecule has 28 heavy (non-hydrogen) atoms. The summed E-state index contributed by atoms with van der Waals surface area (Å²) in [7, 11) is 0. The first-order valence-corrected chi connectivity index (χ1v) is 9.15. The minimum absolute atomic E-state index is 0.00989. The Labute approximate surface area is 160 Å². The monoisotopic (exact) mass is 384 g/mol. The van der Waals surface area contributed by atoms with Crippen LogP contribution in [0.5, 0.6) is 0 Å². The molecule has 0 amide bonds. The predicted molar refractivity (Wildman–Crippen MR) is 98.5 cm³/mol. The summed E-state index contributed by atoms with van der Waals surface area (Å²) in [4.78, 5) is 17.0. The quantitative estimate of drug-likeness (QED) is 0.640. The number of hydrogen-bond acceptors (Lipinski definition) is 2. The average molecular weight is 384 g/mol. The molecule has 2 atom stereocenters. The highest BCUT2D eigenvalue weighted by Crippen LogP contribution is 2.43. The van der Waals surface area contributed by atoms with E-state index in [-0.39, 0.29) is 30.0 Å². The number of rotatable bonds is 5. The van der Waals surface area contributed by atoms with E-state index in [0.29, 0.717) is 23.5 Å². The van der Waals surface area contributed by atoms with Crippen LogP contribution in [-0.2, 0) is 17.8 Å². The molecule has 0 aliphatic carbocycles. The summed E-state index contributed by atoms with van der Waals surface area (Å²) in [6.45, 7) is 2.01. The van der Waals surface area contributed by atoms with E-state index in [9.17, 15) is 18.0 Å². The minimum Gasteiger partial charge on any atom is -0.334 e. The molecule has 0 fully saturated rings. The van der Waals surface area contributed by atoms with Gasteiger partial charge >= 0.3 is 0 Å². The third kappa shape index (κ3) is 3.46. The fraction of sp³-hybridized carbons (Fsp3) is 0.273. The van der Waals surface area contributed by atoms with Crippen LogP contribution < -0.4 is 0 Å². The van der Waals surface area contributed by atoms with Crippen LogP contribution in [0.4, 0.5) is 13.2 Å². The number of aryl methyl sites for hydroxylation is 1. The van der Waals surface area contributed by atoms with E-state index in [1.807, 2.05) is 4.57 Å². The van der Waals surface area contributed by atoms with Crippen LogP contribution in [0.15, 0.2) is 48.8 Å². The van der Waals surface area contributed by atoms with Gasteiger partial charge in [-0.15, -0.1) is 0 Å². The maximum atomic E-state index is 14.6. The highest BCUT2D eigenvalue weighted by molar-refractivity contribution is 5.81. The zero-order chi connectivity index (χ0) is 19.8. The summed E-state index contributed by atoms with van der Waals surface area (Å²) < 4.78 is 44.1. The Hall–Kier alpha value is -2.89. The van der Waals surface area contributed by atoms with E-state index in [2.05, 4.69) is 4.98 Å². The lowest BCUT2D eigenvalue weighted by Gasteiger charge is -2.20. The molecule has 0 N–H and O–H groups in total. The molecule has 1 aliphatic rings. The molecule has 2 heterocycles. The van der Waals surface area contributed by atoms with Crippen molar-refractivity contribution < 1.29 is 18.0 Å². The molecule has 1 aliphatic heterocycles. The Balaban J connectivity index is 1.61. The number of halogens is 3. The molecule has 144 valence electrons. The number of Topliss-reactive ketones (excluding diaryl/α,β-unsaturated/α-hetero) is 1. The normalized spacial score (nSPS) is 18.3. The molecule has 6 heteroatoms. The number of fused-ring (bicyclic) bond motifs is 1. The van der Waals surface area contributed by atoms with Gasteiger partial charge in [0.1, 0.15) is 29.1 Å². The van der Waals surface area contributed by atoms with E-state index in [0.717, 1.165) is 0 Å². The van der Waals surface area contributed by atoms with Crippen molar-refractivity contribution in [2.24, 2.45) is 0 Å². The zero-order valence-corrected chi connectivity index (χ0v) is 15.3. The first kappa shape index (κ1) is 18.5. The molecule has 4 rings (SSSR count). The number of benzene rings is 2. The Morgan fingerprint density at radius 2 is 1.82 bits per heavy atom. The predicted octanol–water partition coefficient (Wildman–Crippen LogP) is 4.69. The van der Waals surface area contributed by atoms with E-state index < -0.39 is 23.5 Å². The number of imidazole rings is 1. The summed E-state index contributed by atoms with van der Waals surface area (Å²) >= 11 is 0. The molecule has 1 aromatic heterocycles. The van der Waals surface area contributed by atoms with Crippen LogP contribution in [0.25, 0.3) is 0 Å². The Kier molecular flexibility index (Phi) is 4.79. The van der Waals surface area contributed by atoms with Crippen molar-refractivity contribution in [2.75, 3.05) is 0 Å². The molecular weight excluding hydrogens is 365 g/mol. The number of carbonyl (C=O) groups is 1. The zero-order valence-electron chi connectivity index (χ0n) is 15.3. The van der Waals surface area contributed by atoms with Gasteiger partial charge in [0.2, 0.25) is 0 Å². The Bertz CT molecular complexity index is 1000. The highest BCUT2D eigenvalue weighted by atomic mass is 19.1. The van der Waals surface area contributed by atoms with Gasteiger partial charge in [-0.1, -0.05) is 12.1 Å². The lowest BCUT2D eigenvalue weighted by atomic mass is 9.83. The van der Waals surface area contributed by atoms with E-state index in [4.69, 9.17) is 0 Å². The standard InChI is InChI=1S/C22H19F3N2O/c1-13-8-19(24)21(20(25)9-13)18-12-27-7-6-26-22(27)17(18)11-16(28)10-14-2-4-15(23)5-3-14/h2-9,17-18H,10-12H2,1H3/t17-,18+/m0/s1. The van der Waals surface area contributed by atoms with Gasteiger partial charge in [0.25, 0.3) is 0 Å². The first-order valence-electron chi connectivity index (χ1n) is 9.15. The van der Waals surface area contributed by atoms with Crippen LogP contribution in [0, 0.1) is 24.4 Å². The van der Waals surface area contributed by atoms with Gasteiger partial charge in [0.15, 0.2) is 0 Å². The summed E-state index contributed by atoms with van der Waals surface area (Å²) in [6.07, 6.45) is 3.65. The van der Waals surface area contributed by atoms with Crippen molar-refractivity contribution in [3.05, 3.63) is 88.8 Å². The molecule has 0 saturated carbocycles. The second kappa shape index (κ2) is 7.26. The molecule has 0 unspecified atom stereocenters. The molecule has 2 aromatic carbocycles. The molecule has 0 radical (unpaired) electrons. The number of aromatic nitrogens is 2. The van der Waals surface area contributed by atoms with Crippen LogP contribution >= 0.6 is 0 Å². The summed E-state index contributed by atoms with van der Waals surface area (Å²) in [6, 6.07) is 8.39. The fourth-order valence-electron chi connectivity index (χ4n) is 4.06. The van der Waals surface area contributed by atoms with E-state index >= 15 is 0 Å². The number of hydrogen-bond donors (Lipinski definition) is 0. The second-order valence-corrected chi connectivity index (χ2v) is 7.34. The highest BCUT2D eigenvalue weighted by Gasteiger charge is 2.39. The van der Waals surface area contributed by atoms with Crippen molar-refractivity contribution in [1.29, 1.82) is 0 Å². The van der Waals surface area contributed by atoms with Gasteiger partial charge in [-0.05, 0) is 42.3 Å². The van der Waals surface area contributed by atoms with Crippen LogP contribution in [0.3, 0.4) is 0 Å². The van der Waals surface area contributed by atoms with Gasteiger partial charge < -0.3 is 4.57 Å². The second-order valence-electron chi connectivity index (χ2n) is 7.34. The maximum absolute atomic E-state index is 14.6. The molecule has 3 nitrogen and oxygen atoms in total. The van der Waals surface area contributed by atoms with Crippen LogP contribution in [-0.4, -0.2) is 15.3 Å². The lowest BCUT2D eigenvalue weighted by molar-refractivity contribution is -0.118. The van der Waals surface area contributed by atoms with Gasteiger partial charge in [-0.2, -0.15) is 0 Å². The van der Waals surface area contributed by atoms with Gasteiger partial charge in [-0.3, -0.25) is 4.79 Å². The van der Waals surface area contributed by atoms with Crippen molar-refractivity contribution in [1.82, 2.24) is 9.55 Å². The van der Waals surface area contributed by atoms with E-state index in [1.54, 1.807) is 31.5 Å². The number of ketones is 1. The van der Waals surface area contributed by atoms with Crippen LogP contribution in [0.1, 0.15) is 40.8 Å². The topological polar surface area (TPSA) is 34.9 Å². The smallest absolute Gasteiger partial charge is 0.138 e. The summed E-state index contributed by atoms with van der Waals surface area (Å²) in [5.41, 5.74) is 1.23. The maximum Gasteiger partial charge on any atom is 0.138 e. The third-order valence-electron chi connectivity index (χ3n) is 5.31. The Morgan fingerprint density at radius 3 is 2.50 bits per heavy atom. The number of carbonyl (C=O) groups excluding carboxylic acids is 1. The molecule has 0 spiro atoms. The third-order valence-corrected chi connectivity index (χ3v) is 5.31. The SMILES string of the molecule is Cc1cc(F)c([C@@H]2Cn3ccnc3[C@H]2CC(=O)Cc2ccc(F)cc2)c(F)c1. The number of nitrogens with zero attached hydrogens (tertiary/aromatic N) is 2. The molecule has 3 aromatic rings. The first-order chi connectivity index (χ1) is 13.4. The van der Waals surface area contributed by atoms with Crippen molar-refractivity contribution in [3.63, 3.8) is 0 Å². The molecular formula is C22H19F3N2O. The average Bonchev–Trinajstić information content (AvgIpc) is 3.19. The largest absolute Gasteiger partial charge is 0.334 e. The summed E-state index contributed by atoms with van der Waals surface area (Å²) in [5, 5.41) is 0. The minimum atomic E-state index is -0.593. The molecule has 0 bridgehead atoms. The van der Waals surface area contributed by atoms with Crippen molar-refractivity contribution in [3.8, 4) is 0 Å². The van der Waals surface area contributed by atoms with Gasteiger partial charge in [0.05, 0.1) is 0 Å².